The topological polar surface area (TPSA) is 50.3 Å². The molecule has 0 radical (unpaired) electrons. The van der Waals surface area contributed by atoms with Crippen LogP contribution >= 0.6 is 22.7 Å². The molecule has 1 N–H and O–H groups in total. The molecule has 4 aromatic rings. The van der Waals surface area contributed by atoms with Gasteiger partial charge in [0.15, 0.2) is 0 Å². The van der Waals surface area contributed by atoms with Gasteiger partial charge in [-0.05, 0) is 56.8 Å². The number of nitrogens with zero attached hydrogens (tertiary/aromatic N) is 3. The Hall–Kier alpha value is -2.06. The highest BCUT2D eigenvalue weighted by molar-refractivity contribution is 7.18. The first-order valence-corrected chi connectivity index (χ1v) is 11.7. The molecule has 2 aliphatic rings. The van der Waals surface area contributed by atoms with Crippen LogP contribution < -0.4 is 5.32 Å². The van der Waals surface area contributed by atoms with E-state index in [1.54, 1.807) is 11.3 Å². The number of thiazole rings is 1. The quantitative estimate of drug-likeness (QED) is 0.490. The molecule has 2 aliphatic heterocycles. The number of thiophene rings is 1. The second-order valence-corrected chi connectivity index (χ2v) is 10.0. The van der Waals surface area contributed by atoms with Crippen molar-refractivity contribution in [1.82, 2.24) is 14.9 Å². The Bertz CT molecular complexity index is 1190. The maximum atomic E-state index is 5.84. The summed E-state index contributed by atoms with van der Waals surface area (Å²) in [6, 6.07) is 10.8. The lowest BCUT2D eigenvalue weighted by Crippen LogP contribution is -2.45. The van der Waals surface area contributed by atoms with Gasteiger partial charge in [0.2, 0.25) is 0 Å². The summed E-state index contributed by atoms with van der Waals surface area (Å²) in [5.41, 5.74) is 5.25. The number of likely N-dealkylation sites (tertiary alicyclic amines) is 1. The Morgan fingerprint density at radius 3 is 3.10 bits per heavy atom. The van der Waals surface area contributed by atoms with Crippen molar-refractivity contribution in [3.05, 3.63) is 46.9 Å². The van der Waals surface area contributed by atoms with E-state index in [1.807, 2.05) is 23.0 Å². The Morgan fingerprint density at radius 2 is 2.21 bits per heavy atom. The molecule has 1 spiro atoms. The van der Waals surface area contributed by atoms with Crippen molar-refractivity contribution in [3.63, 3.8) is 0 Å². The van der Waals surface area contributed by atoms with Crippen molar-refractivity contribution in [1.29, 1.82) is 0 Å². The highest BCUT2D eigenvalue weighted by Gasteiger charge is 2.50. The van der Waals surface area contributed by atoms with Crippen LogP contribution in [0.3, 0.4) is 0 Å². The molecule has 2 saturated heterocycles. The molecule has 6 rings (SSSR count). The van der Waals surface area contributed by atoms with Crippen molar-refractivity contribution >= 4 is 54.5 Å². The highest BCUT2D eigenvalue weighted by atomic mass is 32.1. The largest absolute Gasteiger partial charge is 0.379 e. The monoisotopic (exact) mass is 422 g/mol. The minimum Gasteiger partial charge on any atom is -0.379 e. The lowest BCUT2D eigenvalue weighted by atomic mass is 9.83. The first kappa shape index (κ1) is 17.8. The maximum Gasteiger partial charge on any atom is 0.125 e. The van der Waals surface area contributed by atoms with Gasteiger partial charge in [0, 0.05) is 34.7 Å². The lowest BCUT2D eigenvalue weighted by Gasteiger charge is -2.35. The van der Waals surface area contributed by atoms with Crippen LogP contribution in [-0.4, -0.2) is 47.2 Å². The zero-order chi connectivity index (χ0) is 19.4. The lowest BCUT2D eigenvalue weighted by molar-refractivity contribution is 0.111. The number of rotatable bonds is 3. The summed E-state index contributed by atoms with van der Waals surface area (Å²) in [6.07, 6.45) is 4.21. The van der Waals surface area contributed by atoms with Crippen LogP contribution in [0.5, 0.6) is 0 Å². The van der Waals surface area contributed by atoms with E-state index in [2.05, 4.69) is 57.6 Å². The smallest absolute Gasteiger partial charge is 0.125 e. The number of pyridine rings is 1. The zero-order valence-electron chi connectivity index (χ0n) is 16.2. The summed E-state index contributed by atoms with van der Waals surface area (Å²) >= 11 is 3.51. The molecule has 148 valence electrons. The summed E-state index contributed by atoms with van der Waals surface area (Å²) in [5.74, 6) is 0.522. The zero-order valence-corrected chi connectivity index (χ0v) is 17.9. The van der Waals surface area contributed by atoms with Crippen molar-refractivity contribution in [2.24, 2.45) is 0 Å². The normalized spacial score (nSPS) is 24.9. The molecular formula is C22H22N4OS2. The number of aromatic nitrogens is 2. The van der Waals surface area contributed by atoms with Crippen LogP contribution in [-0.2, 0) is 4.74 Å². The number of anilines is 2. The van der Waals surface area contributed by atoms with E-state index >= 15 is 0 Å². The van der Waals surface area contributed by atoms with Crippen LogP contribution in [0.1, 0.15) is 23.6 Å². The van der Waals surface area contributed by atoms with Crippen molar-refractivity contribution in [2.75, 3.05) is 32.1 Å². The van der Waals surface area contributed by atoms with Crippen LogP contribution in [0.25, 0.3) is 20.4 Å². The fourth-order valence-corrected chi connectivity index (χ4v) is 6.89. The van der Waals surface area contributed by atoms with Gasteiger partial charge in [-0.25, -0.2) is 9.97 Å². The van der Waals surface area contributed by atoms with E-state index in [-0.39, 0.29) is 5.54 Å². The first-order chi connectivity index (χ1) is 14.2. The maximum absolute atomic E-state index is 5.84. The molecule has 29 heavy (non-hydrogen) atoms. The molecule has 0 saturated carbocycles. The molecular weight excluding hydrogens is 400 g/mol. The molecule has 0 bridgehead atoms. The fourth-order valence-electron chi connectivity index (χ4n) is 4.96. The van der Waals surface area contributed by atoms with E-state index < -0.39 is 0 Å². The Labute approximate surface area is 177 Å². The second kappa shape index (κ2) is 6.74. The third kappa shape index (κ3) is 2.79. The van der Waals surface area contributed by atoms with Crippen LogP contribution in [0.15, 0.2) is 42.0 Å². The second-order valence-electron chi connectivity index (χ2n) is 8.05. The number of nitrogens with one attached hydrogen (secondary N) is 1. The molecule has 0 amide bonds. The van der Waals surface area contributed by atoms with Crippen molar-refractivity contribution in [3.8, 4) is 0 Å². The molecule has 0 aliphatic carbocycles. The van der Waals surface area contributed by atoms with Gasteiger partial charge in [-0.15, -0.1) is 22.7 Å². The molecule has 2 atom stereocenters. The molecule has 1 aromatic carbocycles. The number of benzene rings is 1. The Balaban J connectivity index is 1.38. The average Bonchev–Trinajstić information content (AvgIpc) is 3.50. The van der Waals surface area contributed by atoms with E-state index in [9.17, 15) is 0 Å². The van der Waals surface area contributed by atoms with E-state index in [1.165, 1.54) is 21.4 Å². The Kier molecular flexibility index (Phi) is 4.13. The van der Waals surface area contributed by atoms with Crippen molar-refractivity contribution < 1.29 is 4.74 Å². The summed E-state index contributed by atoms with van der Waals surface area (Å²) < 4.78 is 7.05. The number of likely N-dealkylation sites (N-methyl/N-ethyl adjacent to an activating group) is 1. The standard InChI is InChI=1S/C22H22N4OS2/c1-26-8-5-16(22(26)6-9-27-12-22)20-11-15-17(4-7-23-21(15)29-20)25-14-2-3-19-18(10-14)24-13-28-19/h2-4,7,10-11,13,16H,5-6,8-9,12H2,1H3,(H,23,25)/t16?,22-/m1/s1. The van der Waals surface area contributed by atoms with Gasteiger partial charge in [-0.3, -0.25) is 4.90 Å². The third-order valence-electron chi connectivity index (χ3n) is 6.60. The number of ether oxygens (including phenoxy) is 1. The molecule has 7 heteroatoms. The van der Waals surface area contributed by atoms with E-state index in [0.29, 0.717) is 5.92 Å². The van der Waals surface area contributed by atoms with Gasteiger partial charge in [0.25, 0.3) is 0 Å². The van der Waals surface area contributed by atoms with Crippen LogP contribution in [0, 0.1) is 0 Å². The van der Waals surface area contributed by atoms with Gasteiger partial charge < -0.3 is 10.1 Å². The summed E-state index contributed by atoms with van der Waals surface area (Å²) in [6.45, 7) is 2.85. The molecule has 5 heterocycles. The number of hydrogen-bond donors (Lipinski definition) is 1. The minimum atomic E-state index is 0.157. The summed E-state index contributed by atoms with van der Waals surface area (Å²) in [5, 5.41) is 4.80. The van der Waals surface area contributed by atoms with Gasteiger partial charge in [-0.2, -0.15) is 0 Å². The van der Waals surface area contributed by atoms with Crippen LogP contribution in [0.4, 0.5) is 11.4 Å². The van der Waals surface area contributed by atoms with Crippen LogP contribution in [0.2, 0.25) is 0 Å². The van der Waals surface area contributed by atoms with Gasteiger partial charge in [0.05, 0.1) is 33.6 Å². The fraction of sp³-hybridized carbons (Fsp3) is 0.364. The van der Waals surface area contributed by atoms with Gasteiger partial charge >= 0.3 is 0 Å². The summed E-state index contributed by atoms with van der Waals surface area (Å²) in [7, 11) is 2.25. The predicted octanol–water partition coefficient (Wildman–Crippen LogP) is 5.23. The number of fused-ring (bicyclic) bond motifs is 2. The summed E-state index contributed by atoms with van der Waals surface area (Å²) in [4.78, 5) is 14.2. The van der Waals surface area contributed by atoms with E-state index in [0.717, 1.165) is 47.9 Å². The first-order valence-electron chi connectivity index (χ1n) is 10.0. The van der Waals surface area contributed by atoms with Gasteiger partial charge in [-0.1, -0.05) is 0 Å². The average molecular weight is 423 g/mol. The molecule has 2 fully saturated rings. The molecule has 3 aromatic heterocycles. The van der Waals surface area contributed by atoms with Gasteiger partial charge in [0.1, 0.15) is 4.83 Å². The third-order valence-corrected chi connectivity index (χ3v) is 8.57. The minimum absolute atomic E-state index is 0.157. The SMILES string of the molecule is CN1CCC(c2cc3c(Nc4ccc5scnc5c4)ccnc3s2)[C@]12CCOC2. The van der Waals surface area contributed by atoms with Crippen molar-refractivity contribution in [2.45, 2.75) is 24.3 Å². The molecule has 1 unspecified atom stereocenters. The van der Waals surface area contributed by atoms with E-state index in [4.69, 9.17) is 4.74 Å². The highest BCUT2D eigenvalue weighted by Crippen LogP contribution is 2.49. The predicted molar refractivity (Wildman–Crippen MR) is 121 cm³/mol. The molecule has 5 nitrogen and oxygen atoms in total. The Morgan fingerprint density at radius 1 is 1.24 bits per heavy atom. The number of hydrogen-bond acceptors (Lipinski definition) is 7.